The lowest BCUT2D eigenvalue weighted by atomic mass is 9.57. The molecule has 0 N–H and O–H groups in total. The molecule has 5 unspecified atom stereocenters. The third kappa shape index (κ3) is 5.01. The molecule has 0 heterocycles. The van der Waals surface area contributed by atoms with Crippen molar-refractivity contribution < 1.29 is 9.59 Å². The maximum atomic E-state index is 11.7. The first-order valence-electron chi connectivity index (χ1n) is 11.6. The summed E-state index contributed by atoms with van der Waals surface area (Å²) in [5.74, 6) is 1.99. The number of rotatable bonds is 3. The predicted molar refractivity (Wildman–Crippen MR) is 123 cm³/mol. The number of hydrogen-bond acceptors (Lipinski definition) is 2. The maximum absolute atomic E-state index is 11.7. The Morgan fingerprint density at radius 3 is 2.38 bits per heavy atom. The van der Waals surface area contributed by atoms with E-state index in [1.165, 1.54) is 29.6 Å². The van der Waals surface area contributed by atoms with E-state index < -0.39 is 0 Å². The van der Waals surface area contributed by atoms with Gasteiger partial charge in [0.25, 0.3) is 0 Å². The molecule has 5 atom stereocenters. The van der Waals surface area contributed by atoms with E-state index in [-0.39, 0.29) is 16.7 Å². The predicted octanol–water partition coefficient (Wildman–Crippen LogP) is 7.25. The summed E-state index contributed by atoms with van der Waals surface area (Å²) in [7, 11) is 0. The molecule has 0 amide bonds. The van der Waals surface area contributed by atoms with Crippen LogP contribution in [-0.2, 0) is 9.59 Å². The van der Waals surface area contributed by atoms with E-state index >= 15 is 0 Å². The van der Waals surface area contributed by atoms with Gasteiger partial charge in [0, 0.05) is 12.3 Å². The zero-order valence-corrected chi connectivity index (χ0v) is 19.9. The lowest BCUT2D eigenvalue weighted by Crippen LogP contribution is -2.38. The van der Waals surface area contributed by atoms with E-state index in [1.807, 2.05) is 12.2 Å². The quantitative estimate of drug-likeness (QED) is 0.469. The fraction of sp³-hybridized carbons (Fsp3) is 0.704. The standard InChI is InChI=1S/C15H22O.C12H20O/c1-10(2)12-5-6-13-8-14(16)7-11(3)15(13,4)9-12;1-5-10-7-11(13)9(3)12(4,6-2)8-10/h8,11-12H,1,5-7,9H2,2-4H3;7,9H,5-6,8H2,1-4H3. The van der Waals surface area contributed by atoms with Gasteiger partial charge in [0.2, 0.25) is 0 Å². The molecule has 3 rings (SSSR count). The van der Waals surface area contributed by atoms with Crippen LogP contribution in [0.3, 0.4) is 0 Å². The second kappa shape index (κ2) is 9.14. The summed E-state index contributed by atoms with van der Waals surface area (Å²) in [6, 6.07) is 0. The smallest absolute Gasteiger partial charge is 0.158 e. The Labute approximate surface area is 178 Å². The molecule has 0 saturated heterocycles. The van der Waals surface area contributed by atoms with Gasteiger partial charge >= 0.3 is 0 Å². The molecule has 0 aromatic rings. The second-order valence-corrected chi connectivity index (χ2v) is 10.4. The highest BCUT2D eigenvalue weighted by atomic mass is 16.1. The van der Waals surface area contributed by atoms with E-state index in [1.54, 1.807) is 0 Å². The number of carbonyl (C=O) groups is 2. The minimum atomic E-state index is 0.202. The van der Waals surface area contributed by atoms with E-state index in [0.717, 1.165) is 32.1 Å². The molecule has 0 aliphatic heterocycles. The molecule has 1 fully saturated rings. The van der Waals surface area contributed by atoms with Crippen molar-refractivity contribution in [2.75, 3.05) is 0 Å². The average Bonchev–Trinajstić information content (AvgIpc) is 2.66. The molecule has 1 saturated carbocycles. The lowest BCUT2D eigenvalue weighted by molar-refractivity contribution is -0.122. The van der Waals surface area contributed by atoms with Crippen LogP contribution in [0, 0.1) is 28.6 Å². The van der Waals surface area contributed by atoms with Crippen LogP contribution in [0.4, 0.5) is 0 Å². The highest BCUT2D eigenvalue weighted by Gasteiger charge is 2.43. The third-order valence-electron chi connectivity index (χ3n) is 8.50. The highest BCUT2D eigenvalue weighted by molar-refractivity contribution is 5.93. The van der Waals surface area contributed by atoms with Gasteiger partial charge in [0.1, 0.15) is 0 Å². The number of hydrogen-bond donors (Lipinski definition) is 0. The summed E-state index contributed by atoms with van der Waals surface area (Å²) in [6.07, 6.45) is 11.2. The first-order chi connectivity index (χ1) is 13.5. The third-order valence-corrected chi connectivity index (χ3v) is 8.50. The van der Waals surface area contributed by atoms with Gasteiger partial charge in [-0.05, 0) is 80.3 Å². The van der Waals surface area contributed by atoms with E-state index in [4.69, 9.17) is 0 Å². The molecule has 0 aromatic carbocycles. The van der Waals surface area contributed by atoms with Crippen molar-refractivity contribution in [1.82, 2.24) is 0 Å². The minimum absolute atomic E-state index is 0.202. The van der Waals surface area contributed by atoms with Crippen LogP contribution in [0.1, 0.15) is 93.4 Å². The first-order valence-corrected chi connectivity index (χ1v) is 11.6. The Balaban J connectivity index is 0.000000212. The lowest BCUT2D eigenvalue weighted by Gasteiger charge is -2.47. The summed E-state index contributed by atoms with van der Waals surface area (Å²) < 4.78 is 0. The molecular weight excluding hydrogens is 356 g/mol. The van der Waals surface area contributed by atoms with E-state index in [0.29, 0.717) is 23.4 Å². The summed E-state index contributed by atoms with van der Waals surface area (Å²) >= 11 is 0. The van der Waals surface area contributed by atoms with Crippen molar-refractivity contribution in [3.8, 4) is 0 Å². The summed E-state index contributed by atoms with van der Waals surface area (Å²) in [5.41, 5.74) is 4.48. The van der Waals surface area contributed by atoms with Gasteiger partial charge in [0.15, 0.2) is 11.6 Å². The molecule has 0 bridgehead atoms. The molecule has 2 heteroatoms. The zero-order chi connectivity index (χ0) is 22.0. The zero-order valence-electron chi connectivity index (χ0n) is 19.9. The largest absolute Gasteiger partial charge is 0.295 e. The minimum Gasteiger partial charge on any atom is -0.295 e. The topological polar surface area (TPSA) is 34.1 Å². The van der Waals surface area contributed by atoms with Gasteiger partial charge < -0.3 is 0 Å². The molecule has 0 radical (unpaired) electrons. The number of ketones is 2. The van der Waals surface area contributed by atoms with Crippen LogP contribution in [0.2, 0.25) is 0 Å². The number of fused-ring (bicyclic) bond motifs is 1. The molecule has 3 aliphatic rings. The van der Waals surface area contributed by atoms with Crippen LogP contribution in [0.5, 0.6) is 0 Å². The first kappa shape index (κ1) is 23.8. The monoisotopic (exact) mass is 398 g/mol. The van der Waals surface area contributed by atoms with Crippen molar-refractivity contribution in [2.24, 2.45) is 28.6 Å². The van der Waals surface area contributed by atoms with Crippen LogP contribution in [0.15, 0.2) is 35.5 Å². The summed E-state index contributed by atoms with van der Waals surface area (Å²) in [4.78, 5) is 23.3. The molecule has 2 nitrogen and oxygen atoms in total. The van der Waals surface area contributed by atoms with Gasteiger partial charge in [-0.15, -0.1) is 0 Å². The maximum Gasteiger partial charge on any atom is 0.158 e. The Kier molecular flexibility index (Phi) is 7.52. The van der Waals surface area contributed by atoms with Crippen molar-refractivity contribution in [3.63, 3.8) is 0 Å². The molecule has 0 aromatic heterocycles. The molecule has 29 heavy (non-hydrogen) atoms. The number of allylic oxidation sites excluding steroid dienone is 5. The van der Waals surface area contributed by atoms with E-state index in [2.05, 4.69) is 55.0 Å². The summed E-state index contributed by atoms with van der Waals surface area (Å²) in [5, 5.41) is 0. The van der Waals surface area contributed by atoms with Crippen LogP contribution < -0.4 is 0 Å². The van der Waals surface area contributed by atoms with Gasteiger partial charge in [-0.3, -0.25) is 9.59 Å². The molecule has 3 aliphatic carbocycles. The SMILES string of the molecule is C=C(C)C1CCC2=CC(=O)CC(C)C2(C)C1.CCC1=CC(=O)C(C)C(C)(CC)C1. The molecular formula is C27H42O2. The Bertz CT molecular complexity index is 725. The van der Waals surface area contributed by atoms with Gasteiger partial charge in [-0.25, -0.2) is 0 Å². The van der Waals surface area contributed by atoms with Gasteiger partial charge in [-0.1, -0.05) is 64.8 Å². The van der Waals surface area contributed by atoms with Crippen molar-refractivity contribution >= 4 is 11.6 Å². The molecule has 0 spiro atoms. The van der Waals surface area contributed by atoms with Crippen molar-refractivity contribution in [3.05, 3.63) is 35.5 Å². The molecule has 162 valence electrons. The highest BCUT2D eigenvalue weighted by Crippen LogP contribution is 2.52. The normalized spacial score (nSPS) is 37.0. The summed E-state index contributed by atoms with van der Waals surface area (Å²) in [6.45, 7) is 19.4. The fourth-order valence-corrected chi connectivity index (χ4v) is 5.37. The fourth-order valence-electron chi connectivity index (χ4n) is 5.37. The van der Waals surface area contributed by atoms with Crippen molar-refractivity contribution in [1.29, 1.82) is 0 Å². The van der Waals surface area contributed by atoms with Gasteiger partial charge in [-0.2, -0.15) is 0 Å². The van der Waals surface area contributed by atoms with Crippen LogP contribution in [0.25, 0.3) is 0 Å². The van der Waals surface area contributed by atoms with Crippen LogP contribution >= 0.6 is 0 Å². The Morgan fingerprint density at radius 1 is 1.17 bits per heavy atom. The van der Waals surface area contributed by atoms with E-state index in [9.17, 15) is 9.59 Å². The van der Waals surface area contributed by atoms with Gasteiger partial charge in [0.05, 0.1) is 0 Å². The Morgan fingerprint density at radius 2 is 1.83 bits per heavy atom. The Hall–Kier alpha value is -1.44. The average molecular weight is 399 g/mol. The number of carbonyl (C=O) groups excluding carboxylic acids is 2. The van der Waals surface area contributed by atoms with Crippen molar-refractivity contribution in [2.45, 2.75) is 93.4 Å². The second-order valence-electron chi connectivity index (χ2n) is 10.4. The van der Waals surface area contributed by atoms with Crippen LogP contribution in [-0.4, -0.2) is 11.6 Å².